The lowest BCUT2D eigenvalue weighted by Crippen LogP contribution is -2.17. The molecule has 25 heavy (non-hydrogen) atoms. The molecule has 7 heteroatoms. The zero-order chi connectivity index (χ0) is 17.8. The van der Waals surface area contributed by atoms with Crippen molar-refractivity contribution in [2.24, 2.45) is 0 Å². The van der Waals surface area contributed by atoms with Gasteiger partial charge < -0.3 is 15.5 Å². The van der Waals surface area contributed by atoms with Crippen LogP contribution in [0.15, 0.2) is 24.3 Å². The summed E-state index contributed by atoms with van der Waals surface area (Å²) in [7, 11) is 4.09. The number of aromatic nitrogens is 2. The van der Waals surface area contributed by atoms with E-state index in [1.54, 1.807) is 6.07 Å². The van der Waals surface area contributed by atoms with Gasteiger partial charge in [0.1, 0.15) is 11.6 Å². The molecule has 0 amide bonds. The highest BCUT2D eigenvalue weighted by Crippen LogP contribution is 2.40. The lowest BCUT2D eigenvalue weighted by molar-refractivity contribution is 0.405. The van der Waals surface area contributed by atoms with Crippen molar-refractivity contribution in [1.29, 1.82) is 0 Å². The Balaban J connectivity index is 1.75. The van der Waals surface area contributed by atoms with E-state index in [-0.39, 0.29) is 5.82 Å². The average molecular weight is 364 g/mol. The molecule has 1 aromatic heterocycles. The quantitative estimate of drug-likeness (QED) is 0.686. The van der Waals surface area contributed by atoms with Crippen LogP contribution in [0.25, 0.3) is 0 Å². The van der Waals surface area contributed by atoms with E-state index in [0.29, 0.717) is 28.4 Å². The summed E-state index contributed by atoms with van der Waals surface area (Å²) in [6, 6.07) is 6.31. The van der Waals surface area contributed by atoms with Gasteiger partial charge in [-0.25, -0.2) is 9.37 Å². The Kier molecular flexibility index (Phi) is 5.71. The molecule has 0 unspecified atom stereocenters. The summed E-state index contributed by atoms with van der Waals surface area (Å²) in [6.45, 7) is 1.78. The average Bonchev–Trinajstić information content (AvgIpc) is 3.40. The first-order chi connectivity index (χ1) is 12.0. The molecule has 1 heterocycles. The van der Waals surface area contributed by atoms with Crippen LogP contribution in [0.3, 0.4) is 0 Å². The van der Waals surface area contributed by atoms with Gasteiger partial charge in [-0.15, -0.1) is 0 Å². The maximum Gasteiger partial charge on any atom is 0.224 e. The van der Waals surface area contributed by atoms with Crippen molar-refractivity contribution in [2.75, 3.05) is 37.8 Å². The highest BCUT2D eigenvalue weighted by atomic mass is 35.5. The molecule has 0 atom stereocenters. The highest BCUT2D eigenvalue weighted by molar-refractivity contribution is 6.30. The Bertz CT molecular complexity index is 733. The third kappa shape index (κ3) is 5.28. The molecular weight excluding hydrogens is 341 g/mol. The first kappa shape index (κ1) is 17.9. The van der Waals surface area contributed by atoms with Crippen molar-refractivity contribution in [3.05, 3.63) is 40.8 Å². The molecule has 0 radical (unpaired) electrons. The van der Waals surface area contributed by atoms with E-state index in [9.17, 15) is 4.39 Å². The molecule has 0 aliphatic heterocycles. The van der Waals surface area contributed by atoms with Gasteiger partial charge in [-0.05, 0) is 58.1 Å². The number of halogens is 2. The van der Waals surface area contributed by atoms with Gasteiger partial charge in [0.2, 0.25) is 5.95 Å². The van der Waals surface area contributed by atoms with E-state index in [1.165, 1.54) is 12.1 Å². The van der Waals surface area contributed by atoms with Gasteiger partial charge in [0.25, 0.3) is 0 Å². The molecule has 1 aliphatic carbocycles. The minimum atomic E-state index is -0.364. The minimum absolute atomic E-state index is 0.312. The molecule has 0 bridgehead atoms. The molecule has 0 spiro atoms. The van der Waals surface area contributed by atoms with Crippen molar-refractivity contribution in [3.8, 4) is 0 Å². The third-order valence-electron chi connectivity index (χ3n) is 4.00. The zero-order valence-electron chi connectivity index (χ0n) is 14.5. The van der Waals surface area contributed by atoms with Crippen molar-refractivity contribution >= 4 is 29.1 Å². The van der Waals surface area contributed by atoms with Crippen LogP contribution < -0.4 is 10.6 Å². The van der Waals surface area contributed by atoms with Gasteiger partial charge >= 0.3 is 0 Å². The second kappa shape index (κ2) is 7.97. The molecule has 1 saturated carbocycles. The summed E-state index contributed by atoms with van der Waals surface area (Å²) >= 11 is 5.96. The lowest BCUT2D eigenvalue weighted by Gasteiger charge is -2.13. The topological polar surface area (TPSA) is 53.1 Å². The van der Waals surface area contributed by atoms with Crippen molar-refractivity contribution in [1.82, 2.24) is 14.9 Å². The number of hydrogen-bond donors (Lipinski definition) is 2. The molecule has 134 valence electrons. The molecule has 1 aliphatic rings. The largest absolute Gasteiger partial charge is 0.354 e. The molecule has 3 rings (SSSR count). The summed E-state index contributed by atoms with van der Waals surface area (Å²) in [5.74, 6) is 1.27. The normalized spacial score (nSPS) is 14.0. The Hall–Kier alpha value is -1.92. The fraction of sp³-hybridized carbons (Fsp3) is 0.444. The zero-order valence-corrected chi connectivity index (χ0v) is 15.3. The van der Waals surface area contributed by atoms with E-state index in [1.807, 2.05) is 20.2 Å². The molecule has 1 aromatic carbocycles. The smallest absolute Gasteiger partial charge is 0.224 e. The Morgan fingerprint density at radius 1 is 1.24 bits per heavy atom. The SMILES string of the molecule is CN(C)CCCNc1nc(Nc2cc(Cl)ccc2F)cc(C2CC2)n1. The first-order valence-electron chi connectivity index (χ1n) is 8.51. The van der Waals surface area contributed by atoms with Crippen LogP contribution in [0.1, 0.15) is 30.9 Å². The fourth-order valence-electron chi connectivity index (χ4n) is 2.52. The lowest BCUT2D eigenvalue weighted by atomic mass is 10.2. The summed E-state index contributed by atoms with van der Waals surface area (Å²) in [5, 5.41) is 6.77. The van der Waals surface area contributed by atoms with Crippen LogP contribution in [0, 0.1) is 5.82 Å². The maximum absolute atomic E-state index is 14.0. The number of anilines is 3. The number of benzene rings is 1. The summed E-state index contributed by atoms with van der Waals surface area (Å²) in [4.78, 5) is 11.2. The number of rotatable bonds is 8. The van der Waals surface area contributed by atoms with Gasteiger partial charge in [0.15, 0.2) is 0 Å². The van der Waals surface area contributed by atoms with Crippen molar-refractivity contribution in [2.45, 2.75) is 25.2 Å². The first-order valence-corrected chi connectivity index (χ1v) is 8.89. The second-order valence-corrected chi connectivity index (χ2v) is 7.05. The molecule has 2 aromatic rings. The molecule has 1 fully saturated rings. The summed E-state index contributed by atoms with van der Waals surface area (Å²) in [5.41, 5.74) is 1.31. The predicted molar refractivity (Wildman–Crippen MR) is 100 cm³/mol. The molecule has 5 nitrogen and oxygen atoms in total. The highest BCUT2D eigenvalue weighted by Gasteiger charge is 2.26. The van der Waals surface area contributed by atoms with E-state index >= 15 is 0 Å². The Morgan fingerprint density at radius 3 is 2.76 bits per heavy atom. The van der Waals surface area contributed by atoms with Gasteiger partial charge in [-0.1, -0.05) is 11.6 Å². The van der Waals surface area contributed by atoms with Crippen LogP contribution in [0.2, 0.25) is 5.02 Å². The van der Waals surface area contributed by atoms with Crippen molar-refractivity contribution < 1.29 is 4.39 Å². The van der Waals surface area contributed by atoms with Gasteiger partial charge in [0, 0.05) is 23.6 Å². The molecule has 2 N–H and O–H groups in total. The van der Waals surface area contributed by atoms with E-state index in [0.717, 1.165) is 38.0 Å². The summed E-state index contributed by atoms with van der Waals surface area (Å²) in [6.07, 6.45) is 3.28. The van der Waals surface area contributed by atoms with Crippen LogP contribution in [-0.4, -0.2) is 42.1 Å². The van der Waals surface area contributed by atoms with Crippen LogP contribution in [0.4, 0.5) is 21.8 Å². The van der Waals surface area contributed by atoms with Crippen LogP contribution >= 0.6 is 11.6 Å². The van der Waals surface area contributed by atoms with Crippen LogP contribution in [0.5, 0.6) is 0 Å². The van der Waals surface area contributed by atoms with Crippen LogP contribution in [-0.2, 0) is 0 Å². The van der Waals surface area contributed by atoms with Gasteiger partial charge in [-0.2, -0.15) is 4.98 Å². The van der Waals surface area contributed by atoms with Crippen molar-refractivity contribution in [3.63, 3.8) is 0 Å². The van der Waals surface area contributed by atoms with E-state index in [4.69, 9.17) is 11.6 Å². The van der Waals surface area contributed by atoms with E-state index < -0.39 is 0 Å². The van der Waals surface area contributed by atoms with Gasteiger partial charge in [0.05, 0.1) is 11.4 Å². The molecule has 0 saturated heterocycles. The predicted octanol–water partition coefficient (Wildman–Crippen LogP) is 4.25. The summed E-state index contributed by atoms with van der Waals surface area (Å²) < 4.78 is 14.0. The third-order valence-corrected chi connectivity index (χ3v) is 4.23. The number of hydrogen-bond acceptors (Lipinski definition) is 5. The molecular formula is C18H23ClFN5. The Morgan fingerprint density at radius 2 is 2.04 bits per heavy atom. The van der Waals surface area contributed by atoms with E-state index in [2.05, 4.69) is 25.5 Å². The Labute approximate surface area is 152 Å². The fourth-order valence-corrected chi connectivity index (χ4v) is 2.70. The second-order valence-electron chi connectivity index (χ2n) is 6.61. The standard InChI is InChI=1S/C18H23ClFN5/c1-25(2)9-3-8-21-18-23-15(12-4-5-12)11-17(24-18)22-16-10-13(19)6-7-14(16)20/h6-7,10-12H,3-5,8-9H2,1-2H3,(H2,21,22,23,24). The van der Waals surface area contributed by atoms with Gasteiger partial charge in [-0.3, -0.25) is 0 Å². The number of nitrogens with one attached hydrogen (secondary N) is 2. The monoisotopic (exact) mass is 363 g/mol. The minimum Gasteiger partial charge on any atom is -0.354 e. The maximum atomic E-state index is 14.0. The number of nitrogens with zero attached hydrogens (tertiary/aromatic N) is 3.